The number of aryl methyl sites for hydroxylation is 2. The molecule has 0 radical (unpaired) electrons. The van der Waals surface area contributed by atoms with Gasteiger partial charge in [0.25, 0.3) is 5.56 Å². The minimum Gasteiger partial charge on any atom is -0.384 e. The maximum Gasteiger partial charge on any atom is 0.267 e. The molecule has 6 nitrogen and oxygen atoms in total. The van der Waals surface area contributed by atoms with Crippen LogP contribution < -0.4 is 11.3 Å². The van der Waals surface area contributed by atoms with Crippen LogP contribution in [0.5, 0.6) is 0 Å². The molecule has 0 aliphatic carbocycles. The molecule has 2 N–H and O–H groups in total. The van der Waals surface area contributed by atoms with Gasteiger partial charge in [-0.15, -0.1) is 0 Å². The summed E-state index contributed by atoms with van der Waals surface area (Å²) >= 11 is 1.96. The molecule has 94 valence electrons. The Morgan fingerprint density at radius 2 is 2.11 bits per heavy atom. The molecule has 0 aliphatic heterocycles. The van der Waals surface area contributed by atoms with E-state index in [0.717, 1.165) is 5.69 Å². The predicted octanol–water partition coefficient (Wildman–Crippen LogP) is 0.885. The highest BCUT2D eigenvalue weighted by atomic mass is 127. The van der Waals surface area contributed by atoms with Crippen molar-refractivity contribution >= 4 is 28.4 Å². The van der Waals surface area contributed by atoms with E-state index in [4.69, 9.17) is 5.73 Å². The molecule has 0 unspecified atom stereocenters. The molecule has 0 amide bonds. The standard InChI is InChI=1S/C11H12IN5O/c1-6-3-9(13)16-10(15-6)5-17-7(2)14-4-8(12)11(17)18/h3-4H,5H2,1-2H3,(H2,13,15,16). The number of nitrogen functional groups attached to an aromatic ring is 1. The van der Waals surface area contributed by atoms with Crippen molar-refractivity contribution in [3.8, 4) is 0 Å². The molecule has 18 heavy (non-hydrogen) atoms. The van der Waals surface area contributed by atoms with Gasteiger partial charge >= 0.3 is 0 Å². The van der Waals surface area contributed by atoms with Crippen molar-refractivity contribution < 1.29 is 0 Å². The van der Waals surface area contributed by atoms with E-state index in [1.54, 1.807) is 19.2 Å². The van der Waals surface area contributed by atoms with Crippen LogP contribution in [0.2, 0.25) is 0 Å². The predicted molar refractivity (Wildman–Crippen MR) is 76.2 cm³/mol. The summed E-state index contributed by atoms with van der Waals surface area (Å²) in [6.45, 7) is 3.89. The molecule has 0 fully saturated rings. The van der Waals surface area contributed by atoms with Crippen molar-refractivity contribution in [2.45, 2.75) is 20.4 Å². The highest BCUT2D eigenvalue weighted by Gasteiger charge is 2.08. The Morgan fingerprint density at radius 1 is 1.39 bits per heavy atom. The third-order valence-electron chi connectivity index (χ3n) is 2.42. The van der Waals surface area contributed by atoms with Gasteiger partial charge in [-0.05, 0) is 36.4 Å². The first-order valence-corrected chi connectivity index (χ1v) is 6.37. The van der Waals surface area contributed by atoms with Gasteiger partial charge in [0.1, 0.15) is 11.6 Å². The van der Waals surface area contributed by atoms with Gasteiger partial charge in [-0.1, -0.05) is 0 Å². The van der Waals surface area contributed by atoms with Crippen LogP contribution in [0.25, 0.3) is 0 Å². The Kier molecular flexibility index (Phi) is 3.60. The smallest absolute Gasteiger partial charge is 0.267 e. The summed E-state index contributed by atoms with van der Waals surface area (Å²) in [6, 6.07) is 1.69. The van der Waals surface area contributed by atoms with E-state index in [2.05, 4.69) is 15.0 Å². The molecule has 0 atom stereocenters. The largest absolute Gasteiger partial charge is 0.384 e. The number of halogens is 1. The van der Waals surface area contributed by atoms with Crippen LogP contribution in [0.1, 0.15) is 17.3 Å². The second-order valence-electron chi connectivity index (χ2n) is 3.90. The van der Waals surface area contributed by atoms with Crippen LogP contribution in [-0.2, 0) is 6.54 Å². The first-order valence-electron chi connectivity index (χ1n) is 5.29. The molecule has 0 saturated heterocycles. The van der Waals surface area contributed by atoms with E-state index in [9.17, 15) is 4.79 Å². The zero-order chi connectivity index (χ0) is 13.3. The van der Waals surface area contributed by atoms with E-state index in [0.29, 0.717) is 21.0 Å². The van der Waals surface area contributed by atoms with E-state index < -0.39 is 0 Å². The summed E-state index contributed by atoms with van der Waals surface area (Å²) in [5.74, 6) is 1.55. The van der Waals surface area contributed by atoms with E-state index in [1.807, 2.05) is 29.5 Å². The van der Waals surface area contributed by atoms with Gasteiger partial charge in [-0.3, -0.25) is 9.36 Å². The lowest BCUT2D eigenvalue weighted by molar-refractivity contribution is 0.663. The van der Waals surface area contributed by atoms with Crippen LogP contribution in [0.3, 0.4) is 0 Å². The number of nitrogens with two attached hydrogens (primary N) is 1. The number of nitrogens with zero attached hydrogens (tertiary/aromatic N) is 4. The van der Waals surface area contributed by atoms with Crippen molar-refractivity contribution in [2.24, 2.45) is 0 Å². The minimum atomic E-state index is -0.0909. The van der Waals surface area contributed by atoms with Crippen molar-refractivity contribution in [3.63, 3.8) is 0 Å². The monoisotopic (exact) mass is 357 g/mol. The Morgan fingerprint density at radius 3 is 2.78 bits per heavy atom. The van der Waals surface area contributed by atoms with Crippen molar-refractivity contribution in [3.05, 3.63) is 43.5 Å². The zero-order valence-electron chi connectivity index (χ0n) is 10.0. The van der Waals surface area contributed by atoms with Crippen molar-refractivity contribution in [2.75, 3.05) is 5.73 Å². The van der Waals surface area contributed by atoms with Crippen LogP contribution in [-0.4, -0.2) is 19.5 Å². The second kappa shape index (κ2) is 5.01. The lowest BCUT2D eigenvalue weighted by Crippen LogP contribution is -2.27. The number of aromatic nitrogens is 4. The summed E-state index contributed by atoms with van der Waals surface area (Å²) in [5.41, 5.74) is 6.35. The normalized spacial score (nSPS) is 10.6. The van der Waals surface area contributed by atoms with Gasteiger partial charge in [-0.25, -0.2) is 15.0 Å². The SMILES string of the molecule is Cc1cc(N)nc(Cn2c(C)ncc(I)c2=O)n1. The van der Waals surface area contributed by atoms with Crippen LogP contribution in [0.4, 0.5) is 5.82 Å². The molecule has 0 aliphatic rings. The number of hydrogen-bond acceptors (Lipinski definition) is 5. The molecular formula is C11H12IN5O. The molecule has 0 aromatic carbocycles. The van der Waals surface area contributed by atoms with Gasteiger partial charge in [0.2, 0.25) is 0 Å². The Balaban J connectivity index is 2.46. The lowest BCUT2D eigenvalue weighted by Gasteiger charge is -2.09. The zero-order valence-corrected chi connectivity index (χ0v) is 12.2. The number of anilines is 1. The summed E-state index contributed by atoms with van der Waals surface area (Å²) in [5, 5.41) is 0. The fourth-order valence-corrected chi connectivity index (χ4v) is 2.04. The third-order valence-corrected chi connectivity index (χ3v) is 3.16. The van der Waals surface area contributed by atoms with Crippen LogP contribution >= 0.6 is 22.6 Å². The molecule has 2 rings (SSSR count). The quantitative estimate of drug-likeness (QED) is 0.807. The molecule has 0 bridgehead atoms. The number of rotatable bonds is 2. The van der Waals surface area contributed by atoms with Crippen LogP contribution in [0.15, 0.2) is 17.1 Å². The van der Waals surface area contributed by atoms with E-state index in [1.165, 1.54) is 4.57 Å². The summed E-state index contributed by atoms with van der Waals surface area (Å²) < 4.78 is 2.11. The fourth-order valence-electron chi connectivity index (χ4n) is 1.61. The first kappa shape index (κ1) is 12.9. The average Bonchev–Trinajstić information content (AvgIpc) is 2.28. The van der Waals surface area contributed by atoms with E-state index in [-0.39, 0.29) is 12.1 Å². The average molecular weight is 357 g/mol. The van der Waals surface area contributed by atoms with Gasteiger partial charge in [0, 0.05) is 18.0 Å². The van der Waals surface area contributed by atoms with Gasteiger partial charge < -0.3 is 5.73 Å². The Labute approximate surface area is 117 Å². The van der Waals surface area contributed by atoms with Crippen molar-refractivity contribution in [1.82, 2.24) is 19.5 Å². The first-order chi connectivity index (χ1) is 8.47. The summed E-state index contributed by atoms with van der Waals surface area (Å²) in [4.78, 5) is 24.5. The van der Waals surface area contributed by atoms with E-state index >= 15 is 0 Å². The summed E-state index contributed by atoms with van der Waals surface area (Å²) in [6.07, 6.45) is 1.56. The maximum atomic E-state index is 12.0. The maximum absolute atomic E-state index is 12.0. The molecule has 0 spiro atoms. The molecular weight excluding hydrogens is 345 g/mol. The van der Waals surface area contributed by atoms with Gasteiger partial charge in [-0.2, -0.15) is 0 Å². The lowest BCUT2D eigenvalue weighted by atomic mass is 10.4. The minimum absolute atomic E-state index is 0.0909. The Bertz CT molecular complexity index is 632. The summed E-state index contributed by atoms with van der Waals surface area (Å²) in [7, 11) is 0. The van der Waals surface area contributed by atoms with Gasteiger partial charge in [0.15, 0.2) is 5.82 Å². The molecule has 2 aromatic heterocycles. The number of hydrogen-bond donors (Lipinski definition) is 1. The van der Waals surface area contributed by atoms with Crippen molar-refractivity contribution in [1.29, 1.82) is 0 Å². The molecule has 2 aromatic rings. The highest BCUT2D eigenvalue weighted by molar-refractivity contribution is 14.1. The third kappa shape index (κ3) is 2.66. The van der Waals surface area contributed by atoms with Crippen LogP contribution in [0, 0.1) is 17.4 Å². The fraction of sp³-hybridized carbons (Fsp3) is 0.273. The van der Waals surface area contributed by atoms with Gasteiger partial charge in [0.05, 0.1) is 10.1 Å². The molecule has 2 heterocycles. The molecule has 7 heteroatoms. The Hall–Kier alpha value is -1.51. The second-order valence-corrected chi connectivity index (χ2v) is 5.06. The topological polar surface area (TPSA) is 86.7 Å². The highest BCUT2D eigenvalue weighted by Crippen LogP contribution is 2.04. The molecule has 0 saturated carbocycles.